The molecule has 25 heavy (non-hydrogen) atoms. The number of rotatable bonds is 11. The number of aliphatic carboxylic acids is 1. The van der Waals surface area contributed by atoms with Crippen molar-refractivity contribution in [1.29, 1.82) is 0 Å². The lowest BCUT2D eigenvalue weighted by molar-refractivity contribution is -0.137. The summed E-state index contributed by atoms with van der Waals surface area (Å²) in [7, 11) is 0. The second kappa shape index (κ2) is 9.97. The fraction of sp³-hybridized carbons (Fsp3) is 0.381. The maximum absolute atomic E-state index is 11.3. The van der Waals surface area contributed by atoms with E-state index in [-0.39, 0.29) is 6.42 Å². The highest BCUT2D eigenvalue weighted by Crippen LogP contribution is 2.28. The molecule has 0 saturated heterocycles. The highest BCUT2D eigenvalue weighted by atomic mass is 16.4. The molecule has 0 spiro atoms. The predicted octanol–water partition coefficient (Wildman–Crippen LogP) is 3.55. The molecule has 2 rings (SSSR count). The van der Waals surface area contributed by atoms with E-state index in [2.05, 4.69) is 5.32 Å². The first-order chi connectivity index (χ1) is 12.1. The standard InChI is InChI=1S/C21H27NO3/c23-20(24)15-9-1-2-10-16-22-17-21(25,18-11-5-3-6-12-18)19-13-7-4-8-14-19/h3-8,11-14,22,25H,1-2,9-10,15-17H2,(H,23,24). The third-order valence-corrected chi connectivity index (χ3v) is 4.38. The number of carbonyl (C=O) groups is 1. The lowest BCUT2D eigenvalue weighted by atomic mass is 9.86. The SMILES string of the molecule is O=C(O)CCCCCCNCC(O)(c1ccccc1)c1ccccc1. The molecule has 2 aromatic carbocycles. The maximum Gasteiger partial charge on any atom is 0.303 e. The number of carboxylic acid groups (broad SMARTS) is 1. The molecule has 4 nitrogen and oxygen atoms in total. The smallest absolute Gasteiger partial charge is 0.303 e. The minimum atomic E-state index is -1.06. The summed E-state index contributed by atoms with van der Waals surface area (Å²) < 4.78 is 0. The van der Waals surface area contributed by atoms with Gasteiger partial charge in [0.25, 0.3) is 0 Å². The van der Waals surface area contributed by atoms with Crippen molar-refractivity contribution in [3.63, 3.8) is 0 Å². The lowest BCUT2D eigenvalue weighted by Crippen LogP contribution is -2.39. The first kappa shape index (κ1) is 19.2. The Kier molecular flexibility index (Phi) is 7.64. The summed E-state index contributed by atoms with van der Waals surface area (Å²) in [6, 6.07) is 19.4. The molecule has 0 unspecified atom stereocenters. The molecule has 0 aliphatic rings. The number of hydrogen-bond acceptors (Lipinski definition) is 3. The third-order valence-electron chi connectivity index (χ3n) is 4.38. The van der Waals surface area contributed by atoms with E-state index in [0.29, 0.717) is 6.54 Å². The minimum absolute atomic E-state index is 0.245. The van der Waals surface area contributed by atoms with Gasteiger partial charge in [-0.15, -0.1) is 0 Å². The Morgan fingerprint density at radius 2 is 1.36 bits per heavy atom. The van der Waals surface area contributed by atoms with Crippen LogP contribution in [0.3, 0.4) is 0 Å². The van der Waals surface area contributed by atoms with E-state index in [1.807, 2.05) is 60.7 Å². The van der Waals surface area contributed by atoms with E-state index in [0.717, 1.165) is 43.4 Å². The molecule has 0 aliphatic heterocycles. The molecule has 0 aromatic heterocycles. The monoisotopic (exact) mass is 341 g/mol. The number of carboxylic acids is 1. The summed E-state index contributed by atoms with van der Waals surface area (Å²) >= 11 is 0. The Morgan fingerprint density at radius 1 is 0.840 bits per heavy atom. The van der Waals surface area contributed by atoms with Gasteiger partial charge in [-0.2, -0.15) is 0 Å². The minimum Gasteiger partial charge on any atom is -0.481 e. The summed E-state index contributed by atoms with van der Waals surface area (Å²) in [6.45, 7) is 1.24. The average molecular weight is 341 g/mol. The first-order valence-electron chi connectivity index (χ1n) is 8.89. The zero-order chi connectivity index (χ0) is 18.0. The second-order valence-corrected chi connectivity index (χ2v) is 6.33. The molecule has 0 aliphatic carbocycles. The number of nitrogens with one attached hydrogen (secondary N) is 1. The van der Waals surface area contributed by atoms with Gasteiger partial charge in [0.2, 0.25) is 0 Å². The van der Waals surface area contributed by atoms with Crippen molar-refractivity contribution in [1.82, 2.24) is 5.32 Å². The summed E-state index contributed by atoms with van der Waals surface area (Å²) in [5.74, 6) is -0.728. The molecular weight excluding hydrogens is 314 g/mol. The Labute approximate surface area is 149 Å². The fourth-order valence-electron chi connectivity index (χ4n) is 2.95. The van der Waals surface area contributed by atoms with Crippen LogP contribution in [0.5, 0.6) is 0 Å². The number of benzene rings is 2. The van der Waals surface area contributed by atoms with Crippen LogP contribution in [-0.4, -0.2) is 29.3 Å². The van der Waals surface area contributed by atoms with E-state index in [1.54, 1.807) is 0 Å². The molecule has 134 valence electrons. The summed E-state index contributed by atoms with van der Waals surface area (Å²) in [5, 5.41) is 23.3. The molecular formula is C21H27NO3. The first-order valence-corrected chi connectivity index (χ1v) is 8.89. The van der Waals surface area contributed by atoms with Gasteiger partial charge in [0.1, 0.15) is 5.60 Å². The second-order valence-electron chi connectivity index (χ2n) is 6.33. The number of aliphatic hydroxyl groups is 1. The van der Waals surface area contributed by atoms with Crippen LogP contribution in [0.1, 0.15) is 43.2 Å². The van der Waals surface area contributed by atoms with Crippen LogP contribution in [0.4, 0.5) is 0 Å². The molecule has 4 heteroatoms. The molecule has 0 bridgehead atoms. The summed E-state index contributed by atoms with van der Waals surface area (Å²) in [5.41, 5.74) is 0.677. The van der Waals surface area contributed by atoms with Crippen molar-refractivity contribution in [2.24, 2.45) is 0 Å². The van der Waals surface area contributed by atoms with Crippen molar-refractivity contribution >= 4 is 5.97 Å². The van der Waals surface area contributed by atoms with Gasteiger partial charge in [0, 0.05) is 13.0 Å². The van der Waals surface area contributed by atoms with Crippen LogP contribution in [0, 0.1) is 0 Å². The van der Waals surface area contributed by atoms with Gasteiger partial charge < -0.3 is 15.5 Å². The van der Waals surface area contributed by atoms with Gasteiger partial charge in [0.05, 0.1) is 0 Å². The van der Waals surface area contributed by atoms with Gasteiger partial charge in [-0.05, 0) is 30.5 Å². The van der Waals surface area contributed by atoms with Gasteiger partial charge in [-0.1, -0.05) is 73.5 Å². The Hall–Kier alpha value is -2.17. The zero-order valence-corrected chi connectivity index (χ0v) is 14.5. The third kappa shape index (κ3) is 6.00. The van der Waals surface area contributed by atoms with Crippen molar-refractivity contribution in [3.8, 4) is 0 Å². The molecule has 2 aromatic rings. The van der Waals surface area contributed by atoms with Crippen LogP contribution < -0.4 is 5.32 Å². The van der Waals surface area contributed by atoms with Crippen LogP contribution in [0.2, 0.25) is 0 Å². The summed E-state index contributed by atoms with van der Waals surface area (Å²) in [6.07, 6.45) is 3.87. The van der Waals surface area contributed by atoms with E-state index >= 15 is 0 Å². The van der Waals surface area contributed by atoms with Crippen molar-refractivity contribution in [3.05, 3.63) is 71.8 Å². The molecule has 0 atom stereocenters. The quantitative estimate of drug-likeness (QED) is 0.547. The highest BCUT2D eigenvalue weighted by molar-refractivity contribution is 5.66. The molecule has 3 N–H and O–H groups in total. The summed E-state index contributed by atoms with van der Waals surface area (Å²) in [4.78, 5) is 10.5. The van der Waals surface area contributed by atoms with Crippen LogP contribution >= 0.6 is 0 Å². The molecule has 0 heterocycles. The highest BCUT2D eigenvalue weighted by Gasteiger charge is 2.30. The average Bonchev–Trinajstić information content (AvgIpc) is 2.65. The zero-order valence-electron chi connectivity index (χ0n) is 14.5. The van der Waals surface area contributed by atoms with E-state index < -0.39 is 11.6 Å². The fourth-order valence-corrected chi connectivity index (χ4v) is 2.95. The van der Waals surface area contributed by atoms with E-state index in [4.69, 9.17) is 5.11 Å². The van der Waals surface area contributed by atoms with E-state index in [1.165, 1.54) is 0 Å². The van der Waals surface area contributed by atoms with Crippen LogP contribution in [0.15, 0.2) is 60.7 Å². The van der Waals surface area contributed by atoms with Crippen molar-refractivity contribution in [2.45, 2.75) is 37.7 Å². The van der Waals surface area contributed by atoms with Crippen molar-refractivity contribution in [2.75, 3.05) is 13.1 Å². The maximum atomic E-state index is 11.3. The Bertz CT molecular complexity index is 589. The number of hydrogen-bond donors (Lipinski definition) is 3. The topological polar surface area (TPSA) is 69.6 Å². The van der Waals surface area contributed by atoms with Crippen LogP contribution in [0.25, 0.3) is 0 Å². The molecule has 0 amide bonds. The Balaban J connectivity index is 1.87. The Morgan fingerprint density at radius 3 is 1.88 bits per heavy atom. The predicted molar refractivity (Wildman–Crippen MR) is 99.5 cm³/mol. The van der Waals surface area contributed by atoms with Gasteiger partial charge in [-0.25, -0.2) is 0 Å². The van der Waals surface area contributed by atoms with Gasteiger partial charge in [-0.3, -0.25) is 4.79 Å². The van der Waals surface area contributed by atoms with E-state index in [9.17, 15) is 9.90 Å². The molecule has 0 radical (unpaired) electrons. The van der Waals surface area contributed by atoms with Crippen molar-refractivity contribution < 1.29 is 15.0 Å². The lowest BCUT2D eigenvalue weighted by Gasteiger charge is -2.30. The molecule has 0 fully saturated rings. The largest absolute Gasteiger partial charge is 0.481 e. The van der Waals surface area contributed by atoms with Crippen LogP contribution in [-0.2, 0) is 10.4 Å². The molecule has 0 saturated carbocycles. The number of unbranched alkanes of at least 4 members (excludes halogenated alkanes) is 3. The van der Waals surface area contributed by atoms with Gasteiger partial charge >= 0.3 is 5.97 Å². The van der Waals surface area contributed by atoms with Gasteiger partial charge in [0.15, 0.2) is 0 Å². The normalized spacial score (nSPS) is 11.4.